The van der Waals surface area contributed by atoms with Gasteiger partial charge in [-0.2, -0.15) is 4.98 Å². The molecule has 1 saturated heterocycles. The van der Waals surface area contributed by atoms with Crippen LogP contribution < -0.4 is 5.32 Å². The highest BCUT2D eigenvalue weighted by Gasteiger charge is 2.23. The van der Waals surface area contributed by atoms with Crippen molar-refractivity contribution in [3.63, 3.8) is 0 Å². The van der Waals surface area contributed by atoms with Gasteiger partial charge in [0.15, 0.2) is 0 Å². The van der Waals surface area contributed by atoms with Gasteiger partial charge < -0.3 is 9.84 Å². The maximum Gasteiger partial charge on any atom is 0.231 e. The SMILES string of the molecule is Fc1ccc(-c2noc(C3CCNC3)n2)nc1. The third kappa shape index (κ3) is 2.03. The lowest BCUT2D eigenvalue weighted by molar-refractivity contribution is 0.359. The van der Waals surface area contributed by atoms with Crippen LogP contribution in [0, 0.1) is 5.82 Å². The van der Waals surface area contributed by atoms with Crippen molar-refractivity contribution >= 4 is 0 Å². The van der Waals surface area contributed by atoms with E-state index in [1.807, 2.05) is 0 Å². The lowest BCUT2D eigenvalue weighted by Crippen LogP contribution is -2.08. The van der Waals surface area contributed by atoms with Crippen molar-refractivity contribution in [1.82, 2.24) is 20.4 Å². The largest absolute Gasteiger partial charge is 0.339 e. The molecule has 0 radical (unpaired) electrons. The van der Waals surface area contributed by atoms with Crippen LogP contribution in [-0.2, 0) is 0 Å². The number of halogens is 1. The van der Waals surface area contributed by atoms with Crippen LogP contribution in [0.25, 0.3) is 11.5 Å². The first-order valence-corrected chi connectivity index (χ1v) is 5.49. The molecule has 0 saturated carbocycles. The fourth-order valence-corrected chi connectivity index (χ4v) is 1.88. The van der Waals surface area contributed by atoms with Gasteiger partial charge in [0.2, 0.25) is 11.7 Å². The zero-order valence-electron chi connectivity index (χ0n) is 9.06. The predicted octanol–water partition coefficient (Wildman–Crippen LogP) is 1.35. The molecule has 3 rings (SSSR count). The van der Waals surface area contributed by atoms with E-state index < -0.39 is 0 Å². The van der Waals surface area contributed by atoms with Gasteiger partial charge in [-0.1, -0.05) is 5.16 Å². The van der Waals surface area contributed by atoms with Crippen LogP contribution in [0.15, 0.2) is 22.9 Å². The average molecular weight is 234 g/mol. The molecule has 1 atom stereocenters. The Bertz CT molecular complexity index is 504. The highest BCUT2D eigenvalue weighted by molar-refractivity contribution is 5.47. The third-order valence-electron chi connectivity index (χ3n) is 2.81. The normalized spacial score (nSPS) is 19.7. The number of nitrogens with one attached hydrogen (secondary N) is 1. The third-order valence-corrected chi connectivity index (χ3v) is 2.81. The molecule has 1 aliphatic heterocycles. The Balaban J connectivity index is 1.86. The molecule has 5 nitrogen and oxygen atoms in total. The van der Waals surface area contributed by atoms with Crippen LogP contribution in [0.2, 0.25) is 0 Å². The maximum atomic E-state index is 12.7. The molecule has 1 unspecified atom stereocenters. The first-order valence-electron chi connectivity index (χ1n) is 5.49. The number of nitrogens with zero attached hydrogens (tertiary/aromatic N) is 3. The number of aromatic nitrogens is 3. The molecule has 1 N–H and O–H groups in total. The van der Waals surface area contributed by atoms with Gasteiger partial charge in [-0.05, 0) is 25.1 Å². The second kappa shape index (κ2) is 4.21. The van der Waals surface area contributed by atoms with Crippen LogP contribution in [0.1, 0.15) is 18.2 Å². The van der Waals surface area contributed by atoms with Crippen LogP contribution in [0.4, 0.5) is 4.39 Å². The van der Waals surface area contributed by atoms with E-state index >= 15 is 0 Å². The molecule has 3 heterocycles. The van der Waals surface area contributed by atoms with E-state index in [1.54, 1.807) is 0 Å². The Morgan fingerprint density at radius 2 is 2.35 bits per heavy atom. The van der Waals surface area contributed by atoms with Gasteiger partial charge in [-0.3, -0.25) is 0 Å². The zero-order valence-corrected chi connectivity index (χ0v) is 9.06. The topological polar surface area (TPSA) is 63.8 Å². The fourth-order valence-electron chi connectivity index (χ4n) is 1.88. The van der Waals surface area contributed by atoms with E-state index in [1.165, 1.54) is 12.1 Å². The lowest BCUT2D eigenvalue weighted by Gasteiger charge is -1.98. The monoisotopic (exact) mass is 234 g/mol. The molecule has 0 spiro atoms. The summed E-state index contributed by atoms with van der Waals surface area (Å²) in [6, 6.07) is 2.87. The summed E-state index contributed by atoms with van der Waals surface area (Å²) < 4.78 is 17.9. The number of rotatable bonds is 2. The molecule has 0 aromatic carbocycles. The predicted molar refractivity (Wildman–Crippen MR) is 57.7 cm³/mol. The van der Waals surface area contributed by atoms with Crippen molar-refractivity contribution < 1.29 is 8.91 Å². The van der Waals surface area contributed by atoms with Crippen LogP contribution in [-0.4, -0.2) is 28.2 Å². The standard InChI is InChI=1S/C11H11FN4O/c12-8-1-2-9(14-6-8)10-15-11(17-16-10)7-3-4-13-5-7/h1-2,6-7,13H,3-5H2. The minimum absolute atomic E-state index is 0.275. The lowest BCUT2D eigenvalue weighted by atomic mass is 10.1. The van der Waals surface area contributed by atoms with E-state index in [0.717, 1.165) is 25.7 Å². The molecule has 0 bridgehead atoms. The minimum atomic E-state index is -0.377. The molecule has 1 fully saturated rings. The maximum absolute atomic E-state index is 12.7. The molecule has 88 valence electrons. The molecule has 17 heavy (non-hydrogen) atoms. The van der Waals surface area contributed by atoms with Gasteiger partial charge in [-0.25, -0.2) is 9.37 Å². The molecule has 0 amide bonds. The summed E-state index contributed by atoms with van der Waals surface area (Å²) in [5.41, 5.74) is 0.521. The zero-order chi connectivity index (χ0) is 11.7. The van der Waals surface area contributed by atoms with Crippen molar-refractivity contribution in [2.75, 3.05) is 13.1 Å². The van der Waals surface area contributed by atoms with Crippen LogP contribution >= 0.6 is 0 Å². The van der Waals surface area contributed by atoms with Gasteiger partial charge in [0.1, 0.15) is 11.5 Å². The second-order valence-corrected chi connectivity index (χ2v) is 4.01. The average Bonchev–Trinajstić information content (AvgIpc) is 3.00. The summed E-state index contributed by atoms with van der Waals surface area (Å²) in [4.78, 5) is 8.20. The summed E-state index contributed by atoms with van der Waals surface area (Å²) in [6.07, 6.45) is 2.14. The van der Waals surface area contributed by atoms with Crippen LogP contribution in [0.3, 0.4) is 0 Å². The van der Waals surface area contributed by atoms with Crippen molar-refractivity contribution in [2.45, 2.75) is 12.3 Å². The molecular formula is C11H11FN4O. The van der Waals surface area contributed by atoms with Gasteiger partial charge in [0, 0.05) is 6.54 Å². The quantitative estimate of drug-likeness (QED) is 0.849. The summed E-state index contributed by atoms with van der Waals surface area (Å²) in [5.74, 6) is 0.928. The minimum Gasteiger partial charge on any atom is -0.339 e. The van der Waals surface area contributed by atoms with Crippen molar-refractivity contribution in [1.29, 1.82) is 0 Å². The molecule has 2 aromatic rings. The first-order chi connectivity index (χ1) is 8.33. The van der Waals surface area contributed by atoms with Crippen molar-refractivity contribution in [3.8, 4) is 11.5 Å². The van der Waals surface area contributed by atoms with E-state index in [0.29, 0.717) is 17.4 Å². The van der Waals surface area contributed by atoms with E-state index in [4.69, 9.17) is 4.52 Å². The molecule has 6 heteroatoms. The summed E-state index contributed by atoms with van der Waals surface area (Å²) in [5, 5.41) is 7.10. The molecular weight excluding hydrogens is 223 g/mol. The Morgan fingerprint density at radius 1 is 1.41 bits per heavy atom. The fraction of sp³-hybridized carbons (Fsp3) is 0.364. The molecule has 1 aliphatic rings. The first kappa shape index (κ1) is 10.3. The van der Waals surface area contributed by atoms with Gasteiger partial charge >= 0.3 is 0 Å². The number of hydrogen-bond acceptors (Lipinski definition) is 5. The summed E-state index contributed by atoms with van der Waals surface area (Å²) in [6.45, 7) is 1.83. The number of pyridine rings is 1. The Labute approximate surface area is 97.1 Å². The number of hydrogen-bond donors (Lipinski definition) is 1. The van der Waals surface area contributed by atoms with Gasteiger partial charge in [-0.15, -0.1) is 0 Å². The van der Waals surface area contributed by atoms with E-state index in [9.17, 15) is 4.39 Å². The highest BCUT2D eigenvalue weighted by Crippen LogP contribution is 2.22. The Morgan fingerprint density at radius 3 is 3.06 bits per heavy atom. The van der Waals surface area contributed by atoms with E-state index in [-0.39, 0.29) is 11.7 Å². The Kier molecular flexibility index (Phi) is 2.56. The molecule has 2 aromatic heterocycles. The van der Waals surface area contributed by atoms with Crippen molar-refractivity contribution in [3.05, 3.63) is 30.0 Å². The smallest absolute Gasteiger partial charge is 0.231 e. The highest BCUT2D eigenvalue weighted by atomic mass is 19.1. The van der Waals surface area contributed by atoms with E-state index in [2.05, 4.69) is 20.4 Å². The van der Waals surface area contributed by atoms with Gasteiger partial charge in [0.05, 0.1) is 12.1 Å². The molecule has 0 aliphatic carbocycles. The van der Waals surface area contributed by atoms with Crippen LogP contribution in [0.5, 0.6) is 0 Å². The summed E-state index contributed by atoms with van der Waals surface area (Å²) in [7, 11) is 0. The Hall–Kier alpha value is -1.82. The van der Waals surface area contributed by atoms with Crippen molar-refractivity contribution in [2.24, 2.45) is 0 Å². The summed E-state index contributed by atoms with van der Waals surface area (Å²) >= 11 is 0. The second-order valence-electron chi connectivity index (χ2n) is 4.01. The van der Waals surface area contributed by atoms with Gasteiger partial charge in [0.25, 0.3) is 0 Å².